The summed E-state index contributed by atoms with van der Waals surface area (Å²) in [7, 11) is 0. The fourth-order valence-corrected chi connectivity index (χ4v) is 3.58. The average Bonchev–Trinajstić information content (AvgIpc) is 3.16. The fraction of sp³-hybridized carbons (Fsp3) is 0.353. The van der Waals surface area contributed by atoms with Gasteiger partial charge in [0.1, 0.15) is 19.3 Å². The van der Waals surface area contributed by atoms with Crippen molar-refractivity contribution in [2.24, 2.45) is 0 Å². The molecule has 0 radical (unpaired) electrons. The van der Waals surface area contributed by atoms with Crippen LogP contribution in [0.15, 0.2) is 30.5 Å². The van der Waals surface area contributed by atoms with E-state index < -0.39 is 29.0 Å². The molecule has 3 rings (SSSR count). The van der Waals surface area contributed by atoms with E-state index in [-0.39, 0.29) is 16.3 Å². The summed E-state index contributed by atoms with van der Waals surface area (Å²) in [4.78, 5) is 28.4. The van der Waals surface area contributed by atoms with Crippen LogP contribution in [0.4, 0.5) is 32.2 Å². The maximum Gasteiger partial charge on any atom is 0.495 e. The summed E-state index contributed by atoms with van der Waals surface area (Å²) in [5.41, 5.74) is 0.160. The molecule has 1 aliphatic heterocycles. The van der Waals surface area contributed by atoms with Crippen LogP contribution in [-0.2, 0) is 9.53 Å². The van der Waals surface area contributed by atoms with Gasteiger partial charge in [-0.15, -0.1) is 11.3 Å². The molecule has 0 saturated carbocycles. The third-order valence-corrected chi connectivity index (χ3v) is 5.15. The molecule has 0 unspecified atom stereocenters. The molecular weight excluding hydrogens is 442 g/mol. The van der Waals surface area contributed by atoms with Gasteiger partial charge in [0.25, 0.3) is 5.78 Å². The number of ketones is 1. The number of carbonyl (C=O) groups excluding carboxylic acids is 2. The van der Waals surface area contributed by atoms with Crippen molar-refractivity contribution in [1.82, 2.24) is 0 Å². The second-order valence-corrected chi connectivity index (χ2v) is 7.15. The topological polar surface area (TPSA) is 59.7 Å². The molecule has 0 bridgehead atoms. The number of alkyl halides is 6. The number of anilines is 1. The molecule has 3 heterocycles. The van der Waals surface area contributed by atoms with Crippen molar-refractivity contribution in [2.45, 2.75) is 12.4 Å². The van der Waals surface area contributed by atoms with Crippen LogP contribution in [0.2, 0.25) is 0 Å². The van der Waals surface area contributed by atoms with Crippen LogP contribution in [-0.4, -0.2) is 50.4 Å². The fourth-order valence-electron chi connectivity index (χ4n) is 2.63. The van der Waals surface area contributed by atoms with Crippen LogP contribution < -0.4 is 14.5 Å². The third kappa shape index (κ3) is 4.90. The molecule has 0 aliphatic carbocycles. The van der Waals surface area contributed by atoms with E-state index in [0.717, 1.165) is 12.3 Å². The highest BCUT2D eigenvalue weighted by molar-refractivity contribution is 7.17. The van der Waals surface area contributed by atoms with Gasteiger partial charge in [0.05, 0.1) is 18.1 Å². The quantitative estimate of drug-likeness (QED) is 0.403. The number of hydrogen-bond acceptors (Lipinski definition) is 6. The van der Waals surface area contributed by atoms with Crippen molar-refractivity contribution in [3.8, 4) is 10.4 Å². The summed E-state index contributed by atoms with van der Waals surface area (Å²) in [6.07, 6.45) is -9.26. The zero-order valence-electron chi connectivity index (χ0n) is 14.9. The number of nitrogens with zero attached hydrogens (tertiary/aromatic N) is 2. The maximum absolute atomic E-state index is 12.7. The first-order valence-electron chi connectivity index (χ1n) is 8.36. The van der Waals surface area contributed by atoms with E-state index in [9.17, 15) is 35.9 Å². The van der Waals surface area contributed by atoms with E-state index in [0.29, 0.717) is 42.4 Å². The van der Waals surface area contributed by atoms with Crippen LogP contribution in [0.25, 0.3) is 10.4 Å². The lowest BCUT2D eigenvalue weighted by atomic mass is 10.2. The molecule has 13 heteroatoms. The average molecular weight is 455 g/mol. The lowest BCUT2D eigenvalue weighted by Gasteiger charge is -2.22. The molecule has 30 heavy (non-hydrogen) atoms. The van der Waals surface area contributed by atoms with Crippen molar-refractivity contribution in [3.63, 3.8) is 0 Å². The Bertz CT molecular complexity index is 950. The van der Waals surface area contributed by atoms with Crippen molar-refractivity contribution in [2.75, 3.05) is 31.2 Å². The molecule has 0 aromatic carbocycles. The summed E-state index contributed by atoms with van der Waals surface area (Å²) in [5.74, 6) is -4.36. The first-order chi connectivity index (χ1) is 14.0. The Hall–Kier alpha value is -2.67. The van der Waals surface area contributed by atoms with Gasteiger partial charge in [-0.25, -0.2) is 9.63 Å². The second-order valence-electron chi connectivity index (χ2n) is 6.07. The molecule has 162 valence electrons. The van der Waals surface area contributed by atoms with E-state index in [1.165, 1.54) is 18.2 Å². The molecule has 2 aromatic heterocycles. The number of halogens is 6. The molecule has 1 saturated heterocycles. The van der Waals surface area contributed by atoms with Crippen LogP contribution in [0.5, 0.6) is 0 Å². The van der Waals surface area contributed by atoms with Crippen molar-refractivity contribution in [1.29, 1.82) is 0 Å². The second kappa shape index (κ2) is 8.22. The smallest absolute Gasteiger partial charge is 0.373 e. The Kier molecular flexibility index (Phi) is 6.04. The lowest BCUT2D eigenvalue weighted by molar-refractivity contribution is -0.860. The van der Waals surface area contributed by atoms with E-state index in [4.69, 9.17) is 4.74 Å². The van der Waals surface area contributed by atoms with E-state index in [2.05, 4.69) is 4.84 Å². The van der Waals surface area contributed by atoms with Crippen LogP contribution in [0, 0.1) is 0 Å². The molecule has 0 N–H and O–H groups in total. The number of aromatic nitrogens is 1. The van der Waals surface area contributed by atoms with Gasteiger partial charge in [0.2, 0.25) is 0 Å². The van der Waals surface area contributed by atoms with Crippen molar-refractivity contribution >= 4 is 28.9 Å². The van der Waals surface area contributed by atoms with Crippen LogP contribution in [0.3, 0.4) is 0 Å². The Morgan fingerprint density at radius 3 is 2.27 bits per heavy atom. The Balaban J connectivity index is 1.97. The summed E-state index contributed by atoms with van der Waals surface area (Å²) < 4.78 is 81.6. The van der Waals surface area contributed by atoms with Gasteiger partial charge < -0.3 is 4.74 Å². The van der Waals surface area contributed by atoms with Crippen molar-refractivity contribution in [3.05, 3.63) is 35.3 Å². The van der Waals surface area contributed by atoms with E-state index >= 15 is 0 Å². The molecule has 1 aliphatic rings. The van der Waals surface area contributed by atoms with Crippen LogP contribution >= 0.6 is 11.3 Å². The summed E-state index contributed by atoms with van der Waals surface area (Å²) >= 11 is 0.516. The Morgan fingerprint density at radius 2 is 1.67 bits per heavy atom. The van der Waals surface area contributed by atoms with Gasteiger partial charge in [-0.3, -0.25) is 9.69 Å². The molecule has 1 fully saturated rings. The number of morpholine rings is 1. The van der Waals surface area contributed by atoms with Crippen molar-refractivity contribution < 1.29 is 50.2 Å². The highest BCUT2D eigenvalue weighted by Crippen LogP contribution is 2.32. The highest BCUT2D eigenvalue weighted by Gasteiger charge is 2.44. The monoisotopic (exact) mass is 455 g/mol. The molecular formula is C17H13F6N2O4S+. The molecule has 0 amide bonds. The normalized spacial score (nSPS) is 15.2. The number of thiophene rings is 1. The van der Waals surface area contributed by atoms with Gasteiger partial charge in [0, 0.05) is 16.5 Å². The third-order valence-electron chi connectivity index (χ3n) is 4.01. The lowest BCUT2D eigenvalue weighted by Crippen LogP contribution is -2.55. The predicted molar refractivity (Wildman–Crippen MR) is 91.0 cm³/mol. The predicted octanol–water partition coefficient (Wildman–Crippen LogP) is 2.80. The highest BCUT2D eigenvalue weighted by atomic mass is 32.1. The zero-order valence-corrected chi connectivity index (χ0v) is 15.7. The number of Topliss-reactive ketones (excluding diaryl/α,β-unsaturated/α-hetero) is 1. The Labute approximate surface area is 169 Å². The molecule has 2 aromatic rings. The number of pyridine rings is 1. The minimum absolute atomic E-state index is 0.128. The number of hydrogen-bond donors (Lipinski definition) is 0. The molecule has 0 spiro atoms. The van der Waals surface area contributed by atoms with Gasteiger partial charge in [-0.1, -0.05) is 0 Å². The minimum Gasteiger partial charge on any atom is -0.373 e. The standard InChI is InChI=1S/C17H13F6N2O4S/c18-16(19,20)14(26)12-3-2-11(30-12)10-1-4-13(24-5-7-28-8-6-24)25(9-10)29-15(27)17(21,22)23/h1-4,9H,5-8H2/q+1. The molecule has 0 atom stereocenters. The first kappa shape index (κ1) is 22.0. The van der Waals surface area contributed by atoms with E-state index in [1.807, 2.05) is 0 Å². The Morgan fingerprint density at radius 1 is 1.00 bits per heavy atom. The zero-order chi connectivity index (χ0) is 22.1. The number of carbonyl (C=O) groups is 2. The first-order valence-corrected chi connectivity index (χ1v) is 9.18. The summed E-state index contributed by atoms with van der Waals surface area (Å²) in [6, 6.07) is 5.01. The van der Waals surface area contributed by atoms with Crippen LogP contribution in [0.1, 0.15) is 9.67 Å². The number of rotatable bonds is 4. The largest absolute Gasteiger partial charge is 0.495 e. The van der Waals surface area contributed by atoms with Gasteiger partial charge >= 0.3 is 24.1 Å². The van der Waals surface area contributed by atoms with Gasteiger partial charge in [-0.05, 0) is 22.9 Å². The summed E-state index contributed by atoms with van der Waals surface area (Å²) in [5, 5.41) is 0. The SMILES string of the molecule is O=C(O[n+]1cc(-c2ccc(C(=O)C(F)(F)F)s2)ccc1N1CCOCC1)C(F)(F)F. The maximum atomic E-state index is 12.7. The van der Waals surface area contributed by atoms with Gasteiger partial charge in [-0.2, -0.15) is 26.3 Å². The van der Waals surface area contributed by atoms with E-state index in [1.54, 1.807) is 4.90 Å². The summed E-state index contributed by atoms with van der Waals surface area (Å²) in [6.45, 7) is 1.27. The number of ether oxygens (including phenoxy) is 1. The van der Waals surface area contributed by atoms with Gasteiger partial charge in [0.15, 0.2) is 0 Å². The molecule has 6 nitrogen and oxygen atoms in total. The minimum atomic E-state index is -5.25.